The Bertz CT molecular complexity index is 814. The minimum Gasteiger partial charge on any atom is -0.494 e. The first-order valence-corrected chi connectivity index (χ1v) is 8.29. The third-order valence-electron chi connectivity index (χ3n) is 4.33. The molecule has 7 nitrogen and oxygen atoms in total. The minimum atomic E-state index is -0.643. The molecule has 1 aromatic rings. The normalized spacial score (nSPS) is 21.8. The Morgan fingerprint density at radius 1 is 1.13 bits per heavy atom. The molecule has 0 atom stereocenters. The number of esters is 1. The Kier molecular flexibility index (Phi) is 3.87. The van der Waals surface area contributed by atoms with Crippen molar-refractivity contribution in [3.8, 4) is 5.88 Å². The number of carbonyl (C=O) groups excluding carboxylic acids is 1. The molecule has 1 aliphatic carbocycles. The second-order valence-corrected chi connectivity index (χ2v) is 7.30. The molecule has 1 saturated carbocycles. The molecule has 0 amide bonds. The van der Waals surface area contributed by atoms with Crippen LogP contribution in [0.1, 0.15) is 37.7 Å². The van der Waals surface area contributed by atoms with Gasteiger partial charge in [0.25, 0.3) is 5.56 Å². The summed E-state index contributed by atoms with van der Waals surface area (Å²) in [5, 5.41) is 10.1. The maximum absolute atomic E-state index is 12.2. The number of hydrogen-bond donors (Lipinski definition) is 1. The second kappa shape index (κ2) is 5.59. The summed E-state index contributed by atoms with van der Waals surface area (Å²) in [6.45, 7) is 0. The summed E-state index contributed by atoms with van der Waals surface area (Å²) in [6.07, 6.45) is 6.03. The zero-order valence-corrected chi connectivity index (χ0v) is 13.8. The molecule has 0 aromatic carbocycles. The predicted octanol–water partition coefficient (Wildman–Crippen LogP) is 1.08. The standard InChI is InChI=1S/C15H18N2O5S/c1-16-11(18)9(12(19)17(2)14(16)21)8-10-13(20)22-15(23-10)6-4-3-5-7-15/h8,18H,3-7H2,1-2H3/b10-8+. The highest BCUT2D eigenvalue weighted by molar-refractivity contribution is 8.05. The van der Waals surface area contributed by atoms with Gasteiger partial charge in [0.1, 0.15) is 5.56 Å². The van der Waals surface area contributed by atoms with Crippen LogP contribution >= 0.6 is 11.8 Å². The van der Waals surface area contributed by atoms with E-state index in [9.17, 15) is 19.5 Å². The fourth-order valence-corrected chi connectivity index (χ4v) is 4.29. The van der Waals surface area contributed by atoms with Crippen molar-refractivity contribution in [1.29, 1.82) is 0 Å². The van der Waals surface area contributed by atoms with Crippen molar-refractivity contribution in [1.82, 2.24) is 9.13 Å². The Labute approximate surface area is 136 Å². The first kappa shape index (κ1) is 15.9. The fourth-order valence-electron chi connectivity index (χ4n) is 2.98. The highest BCUT2D eigenvalue weighted by atomic mass is 32.2. The SMILES string of the molecule is Cn1c(O)c(/C=C2/SC3(CCCCC3)OC2=O)c(=O)n(C)c1=O. The smallest absolute Gasteiger partial charge is 0.346 e. The highest BCUT2D eigenvalue weighted by Gasteiger charge is 2.45. The van der Waals surface area contributed by atoms with Crippen LogP contribution < -0.4 is 11.2 Å². The monoisotopic (exact) mass is 338 g/mol. The molecule has 1 aromatic heterocycles. The molecule has 8 heteroatoms. The average molecular weight is 338 g/mol. The summed E-state index contributed by atoms with van der Waals surface area (Å²) >= 11 is 1.31. The summed E-state index contributed by atoms with van der Waals surface area (Å²) in [5.41, 5.74) is -1.35. The number of aromatic hydroxyl groups is 1. The van der Waals surface area contributed by atoms with E-state index in [0.29, 0.717) is 0 Å². The van der Waals surface area contributed by atoms with Crippen LogP contribution in [0.2, 0.25) is 0 Å². The molecule has 0 radical (unpaired) electrons. The molecule has 23 heavy (non-hydrogen) atoms. The van der Waals surface area contributed by atoms with Crippen LogP contribution in [0.4, 0.5) is 0 Å². The molecule has 0 unspecified atom stereocenters. The number of ether oxygens (including phenoxy) is 1. The van der Waals surface area contributed by atoms with Gasteiger partial charge in [-0.15, -0.1) is 0 Å². The summed E-state index contributed by atoms with van der Waals surface area (Å²) in [4.78, 5) is 35.9. The van der Waals surface area contributed by atoms with Crippen LogP contribution in [0.25, 0.3) is 6.08 Å². The first-order valence-electron chi connectivity index (χ1n) is 7.48. The van der Waals surface area contributed by atoms with Gasteiger partial charge in [0.15, 0.2) is 4.93 Å². The lowest BCUT2D eigenvalue weighted by atomic mass is 9.97. The molecule has 0 bridgehead atoms. The van der Waals surface area contributed by atoms with Crippen LogP contribution in [0.5, 0.6) is 5.88 Å². The van der Waals surface area contributed by atoms with Gasteiger partial charge in [0.2, 0.25) is 5.88 Å². The van der Waals surface area contributed by atoms with Gasteiger partial charge in [-0.1, -0.05) is 18.2 Å². The third kappa shape index (κ3) is 2.60. The summed E-state index contributed by atoms with van der Waals surface area (Å²) in [7, 11) is 2.69. The topological polar surface area (TPSA) is 90.5 Å². The van der Waals surface area contributed by atoms with Crippen LogP contribution in [0, 0.1) is 0 Å². The summed E-state index contributed by atoms with van der Waals surface area (Å²) in [6, 6.07) is 0. The molecule has 2 aliphatic rings. The van der Waals surface area contributed by atoms with E-state index in [0.717, 1.165) is 41.2 Å². The molecular weight excluding hydrogens is 320 g/mol. The van der Waals surface area contributed by atoms with Crippen LogP contribution in [0.15, 0.2) is 14.5 Å². The number of rotatable bonds is 1. The van der Waals surface area contributed by atoms with Gasteiger partial charge >= 0.3 is 11.7 Å². The van der Waals surface area contributed by atoms with E-state index in [1.165, 1.54) is 31.9 Å². The van der Waals surface area contributed by atoms with Crippen molar-refractivity contribution >= 4 is 23.8 Å². The molecule has 2 fully saturated rings. The highest BCUT2D eigenvalue weighted by Crippen LogP contribution is 2.50. The van der Waals surface area contributed by atoms with Crippen LogP contribution in [0.3, 0.4) is 0 Å². The maximum atomic E-state index is 12.2. The van der Waals surface area contributed by atoms with E-state index in [-0.39, 0.29) is 10.5 Å². The van der Waals surface area contributed by atoms with Crippen molar-refractivity contribution in [3.05, 3.63) is 31.3 Å². The van der Waals surface area contributed by atoms with Gasteiger partial charge in [0, 0.05) is 14.1 Å². The lowest BCUT2D eigenvalue weighted by molar-refractivity contribution is -0.145. The minimum absolute atomic E-state index is 0.0816. The molecule has 1 N–H and O–H groups in total. The van der Waals surface area contributed by atoms with Crippen molar-refractivity contribution in [2.24, 2.45) is 14.1 Å². The number of hydrogen-bond acceptors (Lipinski definition) is 6. The largest absolute Gasteiger partial charge is 0.494 e. The molecule has 3 rings (SSSR count). The zero-order chi connectivity index (χ0) is 16.8. The third-order valence-corrected chi connectivity index (χ3v) is 5.70. The van der Waals surface area contributed by atoms with Crippen molar-refractivity contribution < 1.29 is 14.6 Å². The van der Waals surface area contributed by atoms with Gasteiger partial charge in [-0.2, -0.15) is 0 Å². The van der Waals surface area contributed by atoms with Crippen LogP contribution in [-0.4, -0.2) is 25.1 Å². The van der Waals surface area contributed by atoms with Crippen molar-refractivity contribution in [2.45, 2.75) is 37.0 Å². The summed E-state index contributed by atoms with van der Waals surface area (Å²) < 4.78 is 7.40. The van der Waals surface area contributed by atoms with E-state index in [1.807, 2.05) is 0 Å². The van der Waals surface area contributed by atoms with Gasteiger partial charge < -0.3 is 9.84 Å². The van der Waals surface area contributed by atoms with Gasteiger partial charge in [-0.3, -0.25) is 13.9 Å². The Morgan fingerprint density at radius 2 is 1.78 bits per heavy atom. The summed E-state index contributed by atoms with van der Waals surface area (Å²) in [5.74, 6) is -0.934. The number of aromatic nitrogens is 2. The lowest BCUT2D eigenvalue weighted by Gasteiger charge is -2.29. The zero-order valence-electron chi connectivity index (χ0n) is 13.0. The van der Waals surface area contributed by atoms with E-state index in [1.54, 1.807) is 0 Å². The van der Waals surface area contributed by atoms with Crippen molar-refractivity contribution in [2.75, 3.05) is 0 Å². The Balaban J connectivity index is 2.05. The second-order valence-electron chi connectivity index (χ2n) is 5.91. The Morgan fingerprint density at radius 3 is 2.43 bits per heavy atom. The van der Waals surface area contributed by atoms with Gasteiger partial charge in [0.05, 0.1) is 4.91 Å². The van der Waals surface area contributed by atoms with Crippen molar-refractivity contribution in [3.63, 3.8) is 0 Å². The average Bonchev–Trinajstić information content (AvgIpc) is 2.83. The number of nitrogens with zero attached hydrogens (tertiary/aromatic N) is 2. The van der Waals surface area contributed by atoms with E-state index in [4.69, 9.17) is 4.74 Å². The number of carbonyl (C=O) groups is 1. The number of thioether (sulfide) groups is 1. The lowest BCUT2D eigenvalue weighted by Crippen LogP contribution is -2.38. The van der Waals surface area contributed by atoms with Crippen LogP contribution in [-0.2, 0) is 23.6 Å². The Hall–Kier alpha value is -1.96. The first-order chi connectivity index (χ1) is 10.8. The molecular formula is C15H18N2O5S. The molecule has 124 valence electrons. The van der Waals surface area contributed by atoms with E-state index in [2.05, 4.69) is 0 Å². The molecule has 1 aliphatic heterocycles. The van der Waals surface area contributed by atoms with Gasteiger partial charge in [-0.25, -0.2) is 9.59 Å². The van der Waals surface area contributed by atoms with E-state index >= 15 is 0 Å². The fraction of sp³-hybridized carbons (Fsp3) is 0.533. The molecule has 2 heterocycles. The molecule has 1 saturated heterocycles. The quantitative estimate of drug-likeness (QED) is 0.609. The predicted molar refractivity (Wildman–Crippen MR) is 86.1 cm³/mol. The van der Waals surface area contributed by atoms with Gasteiger partial charge in [-0.05, 0) is 31.8 Å². The maximum Gasteiger partial charge on any atom is 0.346 e. The molecule has 1 spiro atoms. The van der Waals surface area contributed by atoms with E-state index < -0.39 is 28.0 Å².